The summed E-state index contributed by atoms with van der Waals surface area (Å²) in [5.41, 5.74) is 5.02. The number of nitrogens with one attached hydrogen (secondary N) is 1. The molecule has 1 aliphatic carbocycles. The number of benzene rings is 4. The Balaban J connectivity index is 1.63. The average molecular weight is 518 g/mol. The molecule has 0 saturated carbocycles. The number of hydrogen-bond acceptors (Lipinski definition) is 5. The third kappa shape index (κ3) is 3.80. The second-order valence-corrected chi connectivity index (χ2v) is 10.1. The van der Waals surface area contributed by atoms with E-state index in [-0.39, 0.29) is 11.9 Å². The van der Waals surface area contributed by atoms with E-state index in [9.17, 15) is 9.59 Å². The Bertz CT molecular complexity index is 1490. The summed E-state index contributed by atoms with van der Waals surface area (Å²) in [6, 6.07) is 34.5. The van der Waals surface area contributed by atoms with E-state index in [1.807, 2.05) is 67.6 Å². The van der Waals surface area contributed by atoms with Crippen LogP contribution >= 0.6 is 0 Å². The van der Waals surface area contributed by atoms with Crippen LogP contribution in [0.5, 0.6) is 0 Å². The normalized spacial score (nSPS) is 20.3. The molecule has 1 fully saturated rings. The van der Waals surface area contributed by atoms with Gasteiger partial charge in [-0.3, -0.25) is 10.1 Å². The molecule has 2 unspecified atom stereocenters. The van der Waals surface area contributed by atoms with Crippen molar-refractivity contribution in [2.75, 3.05) is 13.2 Å². The maximum Gasteiger partial charge on any atom is 0.338 e. The number of fused-ring (bicyclic) bond motifs is 5. The molecule has 0 radical (unpaired) electrons. The van der Waals surface area contributed by atoms with Gasteiger partial charge in [-0.1, -0.05) is 91.0 Å². The van der Waals surface area contributed by atoms with Gasteiger partial charge in [0.25, 0.3) is 0 Å². The van der Waals surface area contributed by atoms with Gasteiger partial charge in [0, 0.05) is 0 Å². The van der Waals surface area contributed by atoms with Gasteiger partial charge >= 0.3 is 11.9 Å². The first-order chi connectivity index (χ1) is 19.0. The van der Waals surface area contributed by atoms with Gasteiger partial charge in [-0.25, -0.2) is 4.79 Å². The first-order valence-electron chi connectivity index (χ1n) is 13.5. The predicted molar refractivity (Wildman–Crippen MR) is 150 cm³/mol. The van der Waals surface area contributed by atoms with Gasteiger partial charge in [-0.05, 0) is 65.8 Å². The SMILES string of the molecule is CCOC(=O)c1ccc2c(c1)-c1ccccc1C21NC(c2ccccc2)(c2ccccc2)CC1C(=O)OCC. The zero-order valence-corrected chi connectivity index (χ0v) is 22.1. The summed E-state index contributed by atoms with van der Waals surface area (Å²) in [6.07, 6.45) is 0.507. The molecule has 4 aromatic rings. The van der Waals surface area contributed by atoms with Crippen molar-refractivity contribution in [3.8, 4) is 11.1 Å². The number of carbonyl (C=O) groups is 2. The van der Waals surface area contributed by atoms with E-state index in [1.165, 1.54) is 0 Å². The van der Waals surface area contributed by atoms with E-state index < -0.39 is 17.0 Å². The van der Waals surface area contributed by atoms with Crippen molar-refractivity contribution < 1.29 is 19.1 Å². The molecule has 39 heavy (non-hydrogen) atoms. The van der Waals surface area contributed by atoms with Gasteiger partial charge in [0.1, 0.15) is 0 Å². The van der Waals surface area contributed by atoms with E-state index in [4.69, 9.17) is 9.47 Å². The minimum Gasteiger partial charge on any atom is -0.466 e. The molecule has 0 bridgehead atoms. The lowest BCUT2D eigenvalue weighted by Gasteiger charge is -2.37. The number of hydrogen-bond donors (Lipinski definition) is 1. The van der Waals surface area contributed by atoms with Crippen molar-refractivity contribution in [2.24, 2.45) is 5.92 Å². The third-order valence-corrected chi connectivity index (χ3v) is 8.15. The van der Waals surface area contributed by atoms with Crippen molar-refractivity contribution in [1.82, 2.24) is 5.32 Å². The Labute approximate surface area is 228 Å². The van der Waals surface area contributed by atoms with Crippen LogP contribution in [-0.2, 0) is 25.3 Å². The van der Waals surface area contributed by atoms with Gasteiger partial charge in [-0.15, -0.1) is 0 Å². The van der Waals surface area contributed by atoms with Crippen LogP contribution in [0.15, 0.2) is 103 Å². The van der Waals surface area contributed by atoms with Gasteiger partial charge in [-0.2, -0.15) is 0 Å². The van der Waals surface area contributed by atoms with E-state index in [0.29, 0.717) is 25.2 Å². The summed E-state index contributed by atoms with van der Waals surface area (Å²) in [5.74, 6) is -1.12. The minimum atomic E-state index is -0.864. The number of rotatable bonds is 6. The molecule has 1 aliphatic heterocycles. The Morgan fingerprint density at radius 2 is 1.33 bits per heavy atom. The largest absolute Gasteiger partial charge is 0.466 e. The molecule has 0 amide bonds. The van der Waals surface area contributed by atoms with Crippen LogP contribution in [0.25, 0.3) is 11.1 Å². The number of esters is 2. The summed E-state index contributed by atoms with van der Waals surface area (Å²) in [6.45, 7) is 4.25. The first-order valence-corrected chi connectivity index (χ1v) is 13.5. The Hall–Kier alpha value is -4.22. The van der Waals surface area contributed by atoms with Gasteiger partial charge < -0.3 is 9.47 Å². The molecule has 0 aromatic heterocycles. The molecule has 1 saturated heterocycles. The Kier molecular flexibility index (Phi) is 6.32. The van der Waals surface area contributed by atoms with Crippen molar-refractivity contribution in [1.29, 1.82) is 0 Å². The molecular formula is C34H31NO4. The van der Waals surface area contributed by atoms with Gasteiger partial charge in [0.2, 0.25) is 0 Å². The minimum absolute atomic E-state index is 0.240. The summed E-state index contributed by atoms with van der Waals surface area (Å²) in [7, 11) is 0. The first kappa shape index (κ1) is 25.1. The molecule has 1 heterocycles. The Morgan fingerprint density at radius 1 is 0.744 bits per heavy atom. The fourth-order valence-electron chi connectivity index (χ4n) is 6.60. The van der Waals surface area contributed by atoms with Crippen molar-refractivity contribution >= 4 is 11.9 Å². The standard InChI is InChI=1S/C34H31NO4/c1-3-38-31(36)23-19-20-29-27(21-23)26-17-11-12-18-28(26)34(29)30(32(37)39-4-2)22-33(35-34,24-13-7-5-8-14-24)25-15-9-6-10-16-25/h5-21,30,35H,3-4,22H2,1-2H3. The molecule has 1 spiro atoms. The number of carbonyl (C=O) groups excluding carboxylic acids is 2. The zero-order valence-electron chi connectivity index (χ0n) is 22.1. The van der Waals surface area contributed by atoms with Gasteiger partial charge in [0.15, 0.2) is 0 Å². The van der Waals surface area contributed by atoms with Crippen LogP contribution in [0.1, 0.15) is 52.9 Å². The topological polar surface area (TPSA) is 64.6 Å². The highest BCUT2D eigenvalue weighted by Gasteiger charge is 2.63. The molecule has 1 N–H and O–H groups in total. The third-order valence-electron chi connectivity index (χ3n) is 8.15. The maximum atomic E-state index is 13.9. The lowest BCUT2D eigenvalue weighted by molar-refractivity contribution is -0.149. The van der Waals surface area contributed by atoms with Crippen LogP contribution in [0.4, 0.5) is 0 Å². The van der Waals surface area contributed by atoms with Crippen LogP contribution in [0, 0.1) is 5.92 Å². The monoisotopic (exact) mass is 517 g/mol. The summed E-state index contributed by atoms with van der Waals surface area (Å²) >= 11 is 0. The van der Waals surface area contributed by atoms with E-state index in [0.717, 1.165) is 33.4 Å². The second-order valence-electron chi connectivity index (χ2n) is 10.1. The van der Waals surface area contributed by atoms with Crippen molar-refractivity contribution in [2.45, 2.75) is 31.3 Å². The van der Waals surface area contributed by atoms with E-state index >= 15 is 0 Å². The van der Waals surface area contributed by atoms with Crippen molar-refractivity contribution in [3.63, 3.8) is 0 Å². The quantitative estimate of drug-likeness (QED) is 0.308. The van der Waals surface area contributed by atoms with Crippen LogP contribution in [-0.4, -0.2) is 25.2 Å². The molecule has 5 heteroatoms. The van der Waals surface area contributed by atoms with Crippen LogP contribution in [0.3, 0.4) is 0 Å². The predicted octanol–water partition coefficient (Wildman–Crippen LogP) is 6.20. The second kappa shape index (κ2) is 9.83. The highest BCUT2D eigenvalue weighted by molar-refractivity contribution is 5.94. The highest BCUT2D eigenvalue weighted by atomic mass is 16.5. The molecular weight excluding hydrogens is 486 g/mol. The fourth-order valence-corrected chi connectivity index (χ4v) is 6.60. The summed E-state index contributed by atoms with van der Waals surface area (Å²) in [5, 5.41) is 4.07. The lowest BCUT2D eigenvalue weighted by atomic mass is 9.75. The number of ether oxygens (including phenoxy) is 2. The maximum absolute atomic E-state index is 13.9. The van der Waals surface area contributed by atoms with Gasteiger partial charge in [0.05, 0.1) is 35.8 Å². The highest BCUT2D eigenvalue weighted by Crippen LogP contribution is 2.60. The van der Waals surface area contributed by atoms with Crippen molar-refractivity contribution in [3.05, 3.63) is 131 Å². The lowest BCUT2D eigenvalue weighted by Crippen LogP contribution is -2.50. The molecule has 5 nitrogen and oxygen atoms in total. The molecule has 196 valence electrons. The Morgan fingerprint density at radius 3 is 1.97 bits per heavy atom. The molecule has 2 atom stereocenters. The average Bonchev–Trinajstić information content (AvgIpc) is 3.49. The fraction of sp³-hybridized carbons (Fsp3) is 0.235. The van der Waals surface area contributed by atoms with E-state index in [2.05, 4.69) is 41.7 Å². The van der Waals surface area contributed by atoms with Crippen LogP contribution in [0.2, 0.25) is 0 Å². The molecule has 4 aromatic carbocycles. The smallest absolute Gasteiger partial charge is 0.338 e. The van der Waals surface area contributed by atoms with Crippen LogP contribution < -0.4 is 5.32 Å². The summed E-state index contributed by atoms with van der Waals surface area (Å²) < 4.78 is 11.1. The van der Waals surface area contributed by atoms with E-state index in [1.54, 1.807) is 13.0 Å². The summed E-state index contributed by atoms with van der Waals surface area (Å²) in [4.78, 5) is 26.6. The molecule has 2 aliphatic rings. The zero-order chi connectivity index (χ0) is 27.0. The molecule has 6 rings (SSSR count).